The van der Waals surface area contributed by atoms with Crippen LogP contribution in [0, 0.1) is 0 Å². The average molecular weight is 233 g/mol. The van der Waals surface area contributed by atoms with Crippen molar-refractivity contribution in [1.82, 2.24) is 0 Å². The Morgan fingerprint density at radius 3 is 2.64 bits per heavy atom. The fraction of sp³-hybridized carbons (Fsp3) is 0.250. The first-order valence-corrected chi connectivity index (χ1v) is 6.19. The topological polar surface area (TPSA) is 49.8 Å². The van der Waals surface area contributed by atoms with Crippen LogP contribution >= 0.6 is 0 Å². The Kier molecular flexibility index (Phi) is 3.30. The summed E-state index contributed by atoms with van der Waals surface area (Å²) in [7, 11) is 0.123. The van der Waals surface area contributed by atoms with Crippen LogP contribution in [-0.2, 0) is 20.2 Å². The van der Waals surface area contributed by atoms with E-state index in [1.807, 2.05) is 25.1 Å². The molecular weight excluding hydrogens is 222 g/mol. The van der Waals surface area contributed by atoms with Crippen molar-refractivity contribution in [2.24, 2.45) is 0 Å². The van der Waals surface area contributed by atoms with Crippen molar-refractivity contribution in [1.29, 1.82) is 0 Å². The third kappa shape index (κ3) is 3.49. The minimum Gasteiger partial charge on any atom is -0.382 e. The summed E-state index contributed by atoms with van der Waals surface area (Å²) in [6.07, 6.45) is 0. The molecule has 4 nitrogen and oxygen atoms in total. The fourth-order valence-corrected chi connectivity index (χ4v) is 1.52. The Morgan fingerprint density at radius 2 is 2.14 bits per heavy atom. The minimum absolute atomic E-state index is 0.290. The van der Waals surface area contributed by atoms with Gasteiger partial charge in [0.2, 0.25) is 0 Å². The number of benzene rings is 1. The summed E-state index contributed by atoms with van der Waals surface area (Å²) in [4.78, 5) is 1.86. The molecule has 0 radical (unpaired) electrons. The highest BCUT2D eigenvalue weighted by molar-refractivity contribution is 8.27. The highest BCUT2D eigenvalue weighted by Gasteiger charge is 2.04. The highest BCUT2D eigenvalue weighted by Crippen LogP contribution is 2.20. The van der Waals surface area contributed by atoms with Crippen LogP contribution < -0.4 is 9.08 Å². The summed E-state index contributed by atoms with van der Waals surface area (Å²) >= 11 is 4.22. The average Bonchev–Trinajstić information content (AvgIpc) is 2.01. The molecule has 0 heterocycles. The third-order valence-corrected chi connectivity index (χ3v) is 2.14. The molecule has 1 aromatic rings. The first-order chi connectivity index (χ1) is 6.38. The van der Waals surface area contributed by atoms with Crippen LogP contribution in [0.5, 0.6) is 5.75 Å². The first kappa shape index (κ1) is 11.2. The maximum absolute atomic E-state index is 10.8. The molecule has 14 heavy (non-hydrogen) atoms. The lowest BCUT2D eigenvalue weighted by atomic mass is 10.3. The van der Waals surface area contributed by atoms with Gasteiger partial charge >= 0.3 is 9.05 Å². The largest absolute Gasteiger partial charge is 0.382 e. The molecule has 0 aliphatic carbocycles. The van der Waals surface area contributed by atoms with Gasteiger partial charge in [0.25, 0.3) is 0 Å². The molecule has 6 heteroatoms. The van der Waals surface area contributed by atoms with Crippen LogP contribution in [0.3, 0.4) is 0 Å². The summed E-state index contributed by atoms with van der Waals surface area (Å²) in [6.45, 7) is 0. The lowest BCUT2D eigenvalue weighted by Crippen LogP contribution is -2.09. The number of hydrogen-bond acceptors (Lipinski definition) is 4. The smallest absolute Gasteiger partial charge is 0.311 e. The van der Waals surface area contributed by atoms with Gasteiger partial charge in [-0.15, -0.1) is 0 Å². The SMILES string of the molecule is CN(C)c1cccc(OS(=O)(O)=S)c1. The van der Waals surface area contributed by atoms with Gasteiger partial charge in [0, 0.05) is 25.8 Å². The molecule has 0 aromatic heterocycles. The zero-order valence-corrected chi connectivity index (χ0v) is 9.47. The second kappa shape index (κ2) is 4.12. The van der Waals surface area contributed by atoms with Crippen LogP contribution in [0.1, 0.15) is 0 Å². The van der Waals surface area contributed by atoms with Gasteiger partial charge in [-0.05, 0) is 12.1 Å². The van der Waals surface area contributed by atoms with E-state index >= 15 is 0 Å². The van der Waals surface area contributed by atoms with E-state index in [0.29, 0.717) is 5.75 Å². The summed E-state index contributed by atoms with van der Waals surface area (Å²) < 4.78 is 24.2. The van der Waals surface area contributed by atoms with Crippen molar-refractivity contribution >= 4 is 25.9 Å². The van der Waals surface area contributed by atoms with Gasteiger partial charge in [-0.2, -0.15) is 4.21 Å². The van der Waals surface area contributed by atoms with Crippen molar-refractivity contribution in [3.8, 4) is 5.75 Å². The molecule has 0 bridgehead atoms. The van der Waals surface area contributed by atoms with E-state index in [4.69, 9.17) is 4.55 Å². The van der Waals surface area contributed by atoms with Gasteiger partial charge in [-0.25, -0.2) is 0 Å². The van der Waals surface area contributed by atoms with Crippen LogP contribution in [0.4, 0.5) is 5.69 Å². The maximum atomic E-state index is 10.8. The van der Waals surface area contributed by atoms with E-state index in [0.717, 1.165) is 5.69 Å². The molecule has 78 valence electrons. The monoisotopic (exact) mass is 233 g/mol. The normalized spacial score (nSPS) is 14.5. The molecule has 0 amide bonds. The zero-order valence-electron chi connectivity index (χ0n) is 7.84. The number of hydrogen-bond donors (Lipinski definition) is 1. The molecule has 0 saturated heterocycles. The molecule has 1 N–H and O–H groups in total. The van der Waals surface area contributed by atoms with E-state index in [2.05, 4.69) is 15.4 Å². The Hall–Kier alpha value is -0.850. The first-order valence-electron chi connectivity index (χ1n) is 3.83. The van der Waals surface area contributed by atoms with Crippen molar-refractivity contribution < 1.29 is 12.9 Å². The molecular formula is C8H11NO3S2. The Labute approximate surface area is 88.2 Å². The maximum Gasteiger partial charge on any atom is 0.311 e. The van der Waals surface area contributed by atoms with E-state index in [-0.39, 0.29) is 0 Å². The standard InChI is InChI=1S/C8H11NO3S2/c1-9(2)7-4-3-5-8(6-7)12-14(10,11)13/h3-6H,1-2H3,(H,10,11,13). The number of anilines is 1. The second-order valence-corrected chi connectivity index (χ2v) is 5.19. The van der Waals surface area contributed by atoms with Crippen molar-refractivity contribution in [2.45, 2.75) is 0 Å². The van der Waals surface area contributed by atoms with E-state index in [9.17, 15) is 4.21 Å². The molecule has 1 atom stereocenters. The third-order valence-electron chi connectivity index (χ3n) is 1.54. The summed E-state index contributed by atoms with van der Waals surface area (Å²) in [6, 6.07) is 6.80. The quantitative estimate of drug-likeness (QED) is 0.852. The van der Waals surface area contributed by atoms with Gasteiger partial charge in [-0.3, -0.25) is 4.55 Å². The van der Waals surface area contributed by atoms with E-state index < -0.39 is 9.05 Å². The number of rotatable bonds is 3. The Morgan fingerprint density at radius 1 is 1.50 bits per heavy atom. The van der Waals surface area contributed by atoms with Gasteiger partial charge < -0.3 is 9.08 Å². The minimum atomic E-state index is -3.60. The highest BCUT2D eigenvalue weighted by atomic mass is 32.9. The van der Waals surface area contributed by atoms with E-state index in [1.54, 1.807) is 18.2 Å². The van der Waals surface area contributed by atoms with Crippen molar-refractivity contribution in [3.05, 3.63) is 24.3 Å². The molecule has 0 saturated carbocycles. The molecule has 0 aliphatic heterocycles. The van der Waals surface area contributed by atoms with Crippen LogP contribution in [0.25, 0.3) is 0 Å². The lowest BCUT2D eigenvalue weighted by molar-refractivity contribution is 0.454. The predicted octanol–water partition coefficient (Wildman–Crippen LogP) is 1.27. The van der Waals surface area contributed by atoms with Gasteiger partial charge in [-0.1, -0.05) is 6.07 Å². The van der Waals surface area contributed by atoms with Crippen LogP contribution in [0.15, 0.2) is 24.3 Å². The number of nitrogens with zero attached hydrogens (tertiary/aromatic N) is 1. The summed E-state index contributed by atoms with van der Waals surface area (Å²) in [5, 5.41) is 0. The lowest BCUT2D eigenvalue weighted by Gasteiger charge is -2.13. The van der Waals surface area contributed by atoms with Gasteiger partial charge in [0.1, 0.15) is 5.75 Å². The molecule has 0 aliphatic rings. The van der Waals surface area contributed by atoms with Crippen LogP contribution in [0.2, 0.25) is 0 Å². The molecule has 1 unspecified atom stereocenters. The fourth-order valence-electron chi connectivity index (χ4n) is 0.935. The Balaban J connectivity index is 2.95. The Bertz CT molecular complexity index is 414. The molecule has 1 aromatic carbocycles. The van der Waals surface area contributed by atoms with Crippen molar-refractivity contribution in [2.75, 3.05) is 19.0 Å². The molecule has 0 fully saturated rings. The van der Waals surface area contributed by atoms with E-state index in [1.165, 1.54) is 0 Å². The zero-order chi connectivity index (χ0) is 10.8. The van der Waals surface area contributed by atoms with Gasteiger partial charge in [0.05, 0.1) is 11.2 Å². The van der Waals surface area contributed by atoms with Crippen molar-refractivity contribution in [3.63, 3.8) is 0 Å². The van der Waals surface area contributed by atoms with Gasteiger partial charge in [0.15, 0.2) is 0 Å². The summed E-state index contributed by atoms with van der Waals surface area (Å²) in [5.41, 5.74) is 0.876. The molecule has 0 spiro atoms. The predicted molar refractivity (Wildman–Crippen MR) is 59.5 cm³/mol. The molecule has 1 rings (SSSR count). The van der Waals surface area contributed by atoms with Crippen LogP contribution in [-0.4, -0.2) is 22.9 Å². The second-order valence-electron chi connectivity index (χ2n) is 2.90. The summed E-state index contributed by atoms with van der Waals surface area (Å²) in [5.74, 6) is 0.290.